The first-order chi connectivity index (χ1) is 12.5. The Morgan fingerprint density at radius 3 is 2.48 bits per heavy atom. The summed E-state index contributed by atoms with van der Waals surface area (Å²) in [4.78, 5) is 19.3. The number of ether oxygens (including phenoxy) is 2. The first-order valence-electron chi connectivity index (χ1n) is 7.07. The van der Waals surface area contributed by atoms with Crippen LogP contribution in [0.3, 0.4) is 0 Å². The van der Waals surface area contributed by atoms with Gasteiger partial charge in [0.1, 0.15) is 5.69 Å². The van der Waals surface area contributed by atoms with Gasteiger partial charge < -0.3 is 14.8 Å². The Morgan fingerprint density at radius 1 is 1.19 bits per heavy atom. The van der Waals surface area contributed by atoms with Gasteiger partial charge in [0.15, 0.2) is 12.4 Å². The van der Waals surface area contributed by atoms with Gasteiger partial charge in [-0.1, -0.05) is 0 Å². The summed E-state index contributed by atoms with van der Waals surface area (Å²) >= 11 is 0. The second-order valence-electron chi connectivity index (χ2n) is 5.01. The number of amides is 1. The van der Waals surface area contributed by atoms with Gasteiger partial charge in [0.2, 0.25) is 5.88 Å². The summed E-state index contributed by atoms with van der Waals surface area (Å²) < 4.78 is 84.6. The molecule has 0 radical (unpaired) electrons. The van der Waals surface area contributed by atoms with E-state index in [0.29, 0.717) is 12.3 Å². The molecule has 2 heterocycles. The van der Waals surface area contributed by atoms with Crippen LogP contribution in [0, 0.1) is 0 Å². The highest BCUT2D eigenvalue weighted by atomic mass is 19.4. The molecule has 0 fully saturated rings. The van der Waals surface area contributed by atoms with Gasteiger partial charge in [-0.15, -0.1) is 0 Å². The third-order valence-electron chi connectivity index (χ3n) is 3.04. The summed E-state index contributed by atoms with van der Waals surface area (Å²) in [6, 6.07) is 1.63. The van der Waals surface area contributed by atoms with Crippen molar-refractivity contribution in [3.05, 3.63) is 41.9 Å². The number of methoxy groups -OCH3 is 1. The number of alkyl halides is 6. The topological polar surface area (TPSA) is 73.3 Å². The van der Waals surface area contributed by atoms with Crippen molar-refractivity contribution in [1.82, 2.24) is 9.97 Å². The van der Waals surface area contributed by atoms with E-state index in [1.807, 2.05) is 0 Å². The highest BCUT2D eigenvalue weighted by Crippen LogP contribution is 2.33. The standard InChI is InChI=1S/C15H11F6N3O3/c1-26-13-10(4-8(5-23-13)15(19,20)21)24-12(25)9-2-3-22-6-11(9)27-7-14(16,17)18/h2-6H,7H2,1H3,(H,24,25). The zero-order valence-corrected chi connectivity index (χ0v) is 13.5. The Balaban J connectivity index is 2.30. The molecule has 0 unspecified atom stereocenters. The van der Waals surface area contributed by atoms with Gasteiger partial charge >= 0.3 is 12.4 Å². The van der Waals surface area contributed by atoms with Crippen molar-refractivity contribution in [3.8, 4) is 11.6 Å². The van der Waals surface area contributed by atoms with Crippen molar-refractivity contribution in [3.63, 3.8) is 0 Å². The van der Waals surface area contributed by atoms with Crippen LogP contribution in [0.2, 0.25) is 0 Å². The predicted molar refractivity (Wildman–Crippen MR) is 79.5 cm³/mol. The second-order valence-corrected chi connectivity index (χ2v) is 5.01. The van der Waals surface area contributed by atoms with Crippen LogP contribution in [-0.4, -0.2) is 35.8 Å². The number of nitrogens with zero attached hydrogens (tertiary/aromatic N) is 2. The molecule has 0 aliphatic carbocycles. The van der Waals surface area contributed by atoms with E-state index in [2.05, 4.69) is 20.0 Å². The van der Waals surface area contributed by atoms with Gasteiger partial charge in [0.05, 0.1) is 24.4 Å². The van der Waals surface area contributed by atoms with E-state index in [1.165, 1.54) is 0 Å². The van der Waals surface area contributed by atoms with E-state index in [0.717, 1.165) is 25.6 Å². The maximum atomic E-state index is 12.8. The molecule has 27 heavy (non-hydrogen) atoms. The molecule has 0 spiro atoms. The Bertz CT molecular complexity index is 823. The maximum Gasteiger partial charge on any atom is 0.422 e. The van der Waals surface area contributed by atoms with Crippen LogP contribution in [0.15, 0.2) is 30.7 Å². The lowest BCUT2D eigenvalue weighted by molar-refractivity contribution is -0.153. The molecule has 0 saturated heterocycles. The first kappa shape index (κ1) is 20.3. The zero-order chi connectivity index (χ0) is 20.2. The molecule has 2 aromatic rings. The van der Waals surface area contributed by atoms with Crippen LogP contribution in [-0.2, 0) is 6.18 Å². The van der Waals surface area contributed by atoms with Crippen molar-refractivity contribution in [1.29, 1.82) is 0 Å². The predicted octanol–water partition coefficient (Wildman–Crippen LogP) is 3.70. The summed E-state index contributed by atoms with van der Waals surface area (Å²) in [6.45, 7) is -1.67. The summed E-state index contributed by atoms with van der Waals surface area (Å²) in [6.07, 6.45) is -6.88. The first-order valence-corrected chi connectivity index (χ1v) is 7.07. The molecule has 0 aliphatic rings. The van der Waals surface area contributed by atoms with Crippen LogP contribution >= 0.6 is 0 Å². The number of rotatable bonds is 5. The molecule has 1 N–H and O–H groups in total. The smallest absolute Gasteiger partial charge is 0.422 e. The molecule has 0 atom stereocenters. The third-order valence-corrected chi connectivity index (χ3v) is 3.04. The van der Waals surface area contributed by atoms with E-state index in [9.17, 15) is 31.1 Å². The number of nitrogens with one attached hydrogen (secondary N) is 1. The van der Waals surface area contributed by atoms with Gasteiger partial charge in [0.25, 0.3) is 5.91 Å². The van der Waals surface area contributed by atoms with Crippen LogP contribution in [0.5, 0.6) is 11.6 Å². The number of hydrogen-bond acceptors (Lipinski definition) is 5. The molecule has 0 aliphatic heterocycles. The molecule has 146 valence electrons. The molecule has 2 aromatic heterocycles. The number of pyridine rings is 2. The average molecular weight is 395 g/mol. The minimum Gasteiger partial charge on any atom is -0.482 e. The quantitative estimate of drug-likeness (QED) is 0.782. The van der Waals surface area contributed by atoms with Crippen LogP contribution < -0.4 is 14.8 Å². The third kappa shape index (κ3) is 5.46. The number of anilines is 1. The van der Waals surface area contributed by atoms with Crippen molar-refractivity contribution in [2.75, 3.05) is 19.0 Å². The Hall–Kier alpha value is -3.05. The van der Waals surface area contributed by atoms with Gasteiger partial charge in [-0.05, 0) is 12.1 Å². The lowest BCUT2D eigenvalue weighted by atomic mass is 10.2. The summed E-state index contributed by atoms with van der Waals surface area (Å²) in [7, 11) is 1.12. The molecule has 0 aromatic carbocycles. The van der Waals surface area contributed by atoms with Crippen molar-refractivity contribution < 1.29 is 40.6 Å². The fourth-order valence-corrected chi connectivity index (χ4v) is 1.89. The molecule has 6 nitrogen and oxygen atoms in total. The number of aromatic nitrogens is 2. The largest absolute Gasteiger partial charge is 0.482 e. The normalized spacial score (nSPS) is 11.8. The molecular weight excluding hydrogens is 384 g/mol. The van der Waals surface area contributed by atoms with E-state index in [-0.39, 0.29) is 11.4 Å². The van der Waals surface area contributed by atoms with Crippen LogP contribution in [0.4, 0.5) is 32.0 Å². The number of hydrogen-bond donors (Lipinski definition) is 1. The summed E-state index contributed by atoms with van der Waals surface area (Å²) in [5.41, 5.74) is -1.94. The Morgan fingerprint density at radius 2 is 1.89 bits per heavy atom. The van der Waals surface area contributed by atoms with Crippen molar-refractivity contribution in [2.24, 2.45) is 0 Å². The molecule has 2 rings (SSSR count). The van der Waals surface area contributed by atoms with E-state index >= 15 is 0 Å². The second kappa shape index (κ2) is 7.68. The van der Waals surface area contributed by atoms with Gasteiger partial charge in [-0.2, -0.15) is 26.3 Å². The molecule has 0 saturated carbocycles. The highest BCUT2D eigenvalue weighted by molar-refractivity contribution is 6.06. The van der Waals surface area contributed by atoms with Gasteiger partial charge in [-0.25, -0.2) is 4.98 Å². The fraction of sp³-hybridized carbons (Fsp3) is 0.267. The summed E-state index contributed by atoms with van der Waals surface area (Å²) in [5, 5.41) is 2.11. The Kier molecular flexibility index (Phi) is 5.76. The summed E-state index contributed by atoms with van der Waals surface area (Å²) in [5.74, 6) is -1.84. The van der Waals surface area contributed by atoms with E-state index in [4.69, 9.17) is 4.74 Å². The van der Waals surface area contributed by atoms with Gasteiger partial charge in [-0.3, -0.25) is 9.78 Å². The number of halogens is 6. The Labute approximate surface area is 148 Å². The SMILES string of the molecule is COc1ncc(C(F)(F)F)cc1NC(=O)c1ccncc1OCC(F)(F)F. The molecule has 0 bridgehead atoms. The van der Waals surface area contributed by atoms with Crippen molar-refractivity contribution >= 4 is 11.6 Å². The fourth-order valence-electron chi connectivity index (χ4n) is 1.89. The molecule has 1 amide bonds. The maximum absolute atomic E-state index is 12.8. The highest BCUT2D eigenvalue weighted by Gasteiger charge is 2.32. The van der Waals surface area contributed by atoms with E-state index in [1.54, 1.807) is 0 Å². The average Bonchev–Trinajstić information content (AvgIpc) is 2.58. The van der Waals surface area contributed by atoms with Crippen LogP contribution in [0.1, 0.15) is 15.9 Å². The minimum absolute atomic E-state index is 0.317. The van der Waals surface area contributed by atoms with Crippen LogP contribution in [0.25, 0.3) is 0 Å². The molecule has 12 heteroatoms. The number of carbonyl (C=O) groups excluding carboxylic acids is 1. The lowest BCUT2D eigenvalue weighted by Crippen LogP contribution is -2.21. The van der Waals surface area contributed by atoms with E-state index < -0.39 is 41.9 Å². The number of carbonyl (C=O) groups is 1. The molecular formula is C15H11F6N3O3. The van der Waals surface area contributed by atoms with Gasteiger partial charge in [0, 0.05) is 12.4 Å². The minimum atomic E-state index is -4.73. The van der Waals surface area contributed by atoms with Crippen molar-refractivity contribution in [2.45, 2.75) is 12.4 Å². The zero-order valence-electron chi connectivity index (χ0n) is 13.5. The monoisotopic (exact) mass is 395 g/mol. The lowest BCUT2D eigenvalue weighted by Gasteiger charge is -2.14.